The summed E-state index contributed by atoms with van der Waals surface area (Å²) in [6.45, 7) is 2.67. The smallest absolute Gasteiger partial charge is 0.284 e. The van der Waals surface area contributed by atoms with Crippen molar-refractivity contribution in [2.75, 3.05) is 0 Å². The van der Waals surface area contributed by atoms with E-state index in [4.69, 9.17) is 10.2 Å². The predicted molar refractivity (Wildman–Crippen MR) is 38.4 cm³/mol. The monoisotopic (exact) mass is 157 g/mol. The molecule has 0 aliphatic carbocycles. The Hall–Kier alpha value is -0.870. The van der Waals surface area contributed by atoms with Gasteiger partial charge in [-0.05, 0) is 6.92 Å². The summed E-state index contributed by atoms with van der Waals surface area (Å²) < 4.78 is 3.49. The molecule has 1 heterocycles. The lowest BCUT2D eigenvalue weighted by Gasteiger charge is -1.96. The minimum absolute atomic E-state index is 0.0403. The molecular formula is C7H13N2O2+. The molecule has 2 N–H and O–H groups in total. The Morgan fingerprint density at radius 2 is 2.27 bits per heavy atom. The average Bonchev–Trinajstić information content (AvgIpc) is 2.45. The lowest BCUT2D eigenvalue weighted by molar-refractivity contribution is -0.702. The Morgan fingerprint density at radius 1 is 1.55 bits per heavy atom. The van der Waals surface area contributed by atoms with Crippen molar-refractivity contribution in [2.24, 2.45) is 0 Å². The van der Waals surface area contributed by atoms with E-state index in [-0.39, 0.29) is 13.3 Å². The van der Waals surface area contributed by atoms with Crippen LogP contribution in [0.4, 0.5) is 0 Å². The van der Waals surface area contributed by atoms with Crippen molar-refractivity contribution in [3.63, 3.8) is 0 Å². The number of imidazole rings is 1. The molecule has 1 aromatic rings. The summed E-state index contributed by atoms with van der Waals surface area (Å²) in [6.07, 6.45) is 3.58. The first-order valence-electron chi connectivity index (χ1n) is 3.62. The molecule has 0 aliphatic heterocycles. The molecule has 0 radical (unpaired) electrons. The fraction of sp³-hybridized carbons (Fsp3) is 0.571. The van der Waals surface area contributed by atoms with Gasteiger partial charge in [0.2, 0.25) is 0 Å². The zero-order valence-corrected chi connectivity index (χ0v) is 6.56. The van der Waals surface area contributed by atoms with Crippen molar-refractivity contribution in [3.8, 4) is 0 Å². The van der Waals surface area contributed by atoms with Crippen LogP contribution in [0.1, 0.15) is 12.7 Å². The molecule has 0 spiro atoms. The molecule has 0 saturated carbocycles. The summed E-state index contributed by atoms with van der Waals surface area (Å²) in [6, 6.07) is 0. The average molecular weight is 157 g/mol. The summed E-state index contributed by atoms with van der Waals surface area (Å²) in [7, 11) is 0. The Labute approximate surface area is 65.3 Å². The second kappa shape index (κ2) is 3.50. The van der Waals surface area contributed by atoms with Gasteiger partial charge in [-0.2, -0.15) is 0 Å². The highest BCUT2D eigenvalue weighted by Crippen LogP contribution is 1.93. The summed E-state index contributed by atoms with van der Waals surface area (Å²) in [5.41, 5.74) is 0. The molecular weight excluding hydrogens is 144 g/mol. The van der Waals surface area contributed by atoms with Crippen LogP contribution in [0, 0.1) is 0 Å². The van der Waals surface area contributed by atoms with E-state index in [1.165, 1.54) is 0 Å². The standard InChI is InChI=1S/C7H13N2O2/c1-2-8-3-4-9(6-11)7(8)5-10/h3-4,10-11H,2,5-6H2,1H3/q+1. The number of aromatic nitrogens is 2. The van der Waals surface area contributed by atoms with E-state index in [0.29, 0.717) is 0 Å². The number of aryl methyl sites for hydroxylation is 1. The third-order valence-electron chi connectivity index (χ3n) is 1.72. The van der Waals surface area contributed by atoms with Gasteiger partial charge in [0, 0.05) is 0 Å². The highest BCUT2D eigenvalue weighted by atomic mass is 16.3. The van der Waals surface area contributed by atoms with E-state index < -0.39 is 0 Å². The van der Waals surface area contributed by atoms with Gasteiger partial charge < -0.3 is 10.2 Å². The van der Waals surface area contributed by atoms with Crippen molar-refractivity contribution in [3.05, 3.63) is 18.2 Å². The van der Waals surface area contributed by atoms with Crippen LogP contribution in [0.15, 0.2) is 12.4 Å². The van der Waals surface area contributed by atoms with Crippen LogP contribution < -0.4 is 4.57 Å². The normalized spacial score (nSPS) is 10.5. The fourth-order valence-electron chi connectivity index (χ4n) is 1.10. The molecule has 11 heavy (non-hydrogen) atoms. The van der Waals surface area contributed by atoms with Gasteiger partial charge in [0.1, 0.15) is 19.0 Å². The lowest BCUT2D eigenvalue weighted by Crippen LogP contribution is -2.35. The highest BCUT2D eigenvalue weighted by molar-refractivity contribution is 4.79. The van der Waals surface area contributed by atoms with Crippen LogP contribution >= 0.6 is 0 Å². The predicted octanol–water partition coefficient (Wildman–Crippen LogP) is -0.762. The maximum absolute atomic E-state index is 8.90. The molecule has 62 valence electrons. The van der Waals surface area contributed by atoms with Crippen molar-refractivity contribution < 1.29 is 14.8 Å². The van der Waals surface area contributed by atoms with Crippen LogP contribution in [-0.2, 0) is 19.9 Å². The largest absolute Gasteiger partial charge is 0.384 e. The van der Waals surface area contributed by atoms with E-state index in [9.17, 15) is 0 Å². The van der Waals surface area contributed by atoms with Crippen LogP contribution in [0.25, 0.3) is 0 Å². The van der Waals surface area contributed by atoms with Gasteiger partial charge in [-0.15, -0.1) is 0 Å². The van der Waals surface area contributed by atoms with Crippen LogP contribution in [0.2, 0.25) is 0 Å². The summed E-state index contributed by atoms with van der Waals surface area (Å²) in [5, 5.41) is 17.7. The number of aliphatic hydroxyl groups excluding tert-OH is 2. The zero-order chi connectivity index (χ0) is 8.27. The molecule has 0 fully saturated rings. The van der Waals surface area contributed by atoms with Crippen molar-refractivity contribution in [2.45, 2.75) is 26.8 Å². The third-order valence-corrected chi connectivity index (χ3v) is 1.72. The van der Waals surface area contributed by atoms with E-state index in [1.54, 1.807) is 10.8 Å². The molecule has 0 amide bonds. The minimum Gasteiger partial charge on any atom is -0.384 e. The summed E-state index contributed by atoms with van der Waals surface area (Å²) in [4.78, 5) is 0. The van der Waals surface area contributed by atoms with Gasteiger partial charge in [-0.1, -0.05) is 0 Å². The molecule has 4 nitrogen and oxygen atoms in total. The van der Waals surface area contributed by atoms with E-state index in [1.807, 2.05) is 17.7 Å². The number of rotatable bonds is 3. The first kappa shape index (κ1) is 8.23. The molecule has 0 bridgehead atoms. The quantitative estimate of drug-likeness (QED) is 0.566. The molecule has 4 heteroatoms. The SMILES string of the molecule is CC[n+]1ccn(CO)c1CO. The Bertz CT molecular complexity index is 211. The van der Waals surface area contributed by atoms with Crippen LogP contribution in [0.3, 0.4) is 0 Å². The van der Waals surface area contributed by atoms with Gasteiger partial charge >= 0.3 is 0 Å². The van der Waals surface area contributed by atoms with Crippen LogP contribution in [-0.4, -0.2) is 14.8 Å². The molecule has 0 aliphatic rings. The maximum atomic E-state index is 8.90. The number of hydrogen-bond donors (Lipinski definition) is 2. The zero-order valence-electron chi connectivity index (χ0n) is 6.56. The maximum Gasteiger partial charge on any atom is 0.284 e. The van der Waals surface area contributed by atoms with Crippen molar-refractivity contribution in [1.29, 1.82) is 0 Å². The summed E-state index contributed by atoms with van der Waals surface area (Å²) >= 11 is 0. The second-order valence-electron chi connectivity index (χ2n) is 2.27. The third kappa shape index (κ3) is 1.41. The molecule has 0 saturated heterocycles. The van der Waals surface area contributed by atoms with Gasteiger partial charge in [0.25, 0.3) is 5.82 Å². The number of aliphatic hydroxyl groups is 2. The van der Waals surface area contributed by atoms with E-state index in [0.717, 1.165) is 12.4 Å². The first-order chi connectivity index (χ1) is 5.33. The Balaban J connectivity index is 2.99. The topological polar surface area (TPSA) is 49.3 Å². The van der Waals surface area contributed by atoms with E-state index >= 15 is 0 Å². The minimum atomic E-state index is -0.0805. The fourth-order valence-corrected chi connectivity index (χ4v) is 1.10. The van der Waals surface area contributed by atoms with Crippen molar-refractivity contribution >= 4 is 0 Å². The number of hydrogen-bond acceptors (Lipinski definition) is 2. The molecule has 0 aromatic carbocycles. The molecule has 1 rings (SSSR count). The molecule has 0 unspecified atom stereocenters. The summed E-state index contributed by atoms with van der Waals surface area (Å²) in [5.74, 6) is 0.731. The molecule has 1 aromatic heterocycles. The Kier molecular flexibility index (Phi) is 2.62. The van der Waals surface area contributed by atoms with E-state index in [2.05, 4.69) is 0 Å². The lowest BCUT2D eigenvalue weighted by atomic mass is 10.6. The van der Waals surface area contributed by atoms with Gasteiger partial charge in [0.05, 0.1) is 6.54 Å². The first-order valence-corrected chi connectivity index (χ1v) is 3.62. The van der Waals surface area contributed by atoms with Gasteiger partial charge in [-0.25, -0.2) is 9.13 Å². The van der Waals surface area contributed by atoms with Gasteiger partial charge in [0.15, 0.2) is 6.73 Å². The Morgan fingerprint density at radius 3 is 2.73 bits per heavy atom. The van der Waals surface area contributed by atoms with Gasteiger partial charge in [-0.3, -0.25) is 0 Å². The number of nitrogens with zero attached hydrogens (tertiary/aromatic N) is 2. The highest BCUT2D eigenvalue weighted by Gasteiger charge is 2.12. The van der Waals surface area contributed by atoms with Crippen molar-refractivity contribution in [1.82, 2.24) is 4.57 Å². The van der Waals surface area contributed by atoms with Crippen LogP contribution in [0.5, 0.6) is 0 Å². The molecule has 0 atom stereocenters. The second-order valence-corrected chi connectivity index (χ2v) is 2.27.